The van der Waals surface area contributed by atoms with Crippen molar-refractivity contribution in [3.05, 3.63) is 46.8 Å². The fourth-order valence-corrected chi connectivity index (χ4v) is 2.27. The lowest BCUT2D eigenvalue weighted by molar-refractivity contribution is -0.116. The van der Waals surface area contributed by atoms with E-state index in [1.807, 2.05) is 40.0 Å². The molecule has 2 aromatic rings. The largest absolute Gasteiger partial charge is 0.323 e. The van der Waals surface area contributed by atoms with Gasteiger partial charge in [0, 0.05) is 25.5 Å². The summed E-state index contributed by atoms with van der Waals surface area (Å²) in [6.45, 7) is 5.72. The summed E-state index contributed by atoms with van der Waals surface area (Å²) in [5.41, 5.74) is 4.16. The Morgan fingerprint density at radius 1 is 1.09 bits per heavy atom. The van der Waals surface area contributed by atoms with Crippen molar-refractivity contribution in [3.63, 3.8) is 0 Å². The van der Waals surface area contributed by atoms with E-state index in [9.17, 15) is 9.59 Å². The molecular weight excluding hydrogens is 278 g/mol. The first kappa shape index (κ1) is 15.9. The van der Waals surface area contributed by atoms with E-state index in [-0.39, 0.29) is 24.5 Å². The van der Waals surface area contributed by atoms with Crippen molar-refractivity contribution in [3.8, 4) is 0 Å². The number of hydrogen-bond donors (Lipinski definition) is 1. The number of carbonyl (C=O) groups excluding carboxylic acids is 2. The monoisotopic (exact) mass is 299 g/mol. The van der Waals surface area contributed by atoms with Crippen LogP contribution < -0.4 is 5.32 Å². The molecule has 0 radical (unpaired) electrons. The highest BCUT2D eigenvalue weighted by molar-refractivity contribution is 6.00. The second-order valence-corrected chi connectivity index (χ2v) is 5.51. The Kier molecular flexibility index (Phi) is 4.75. The molecule has 1 heterocycles. The average molecular weight is 299 g/mol. The van der Waals surface area contributed by atoms with Gasteiger partial charge in [0.2, 0.25) is 5.91 Å². The smallest absolute Gasteiger partial charge is 0.224 e. The first-order valence-electron chi connectivity index (χ1n) is 7.28. The van der Waals surface area contributed by atoms with E-state index in [2.05, 4.69) is 10.4 Å². The molecule has 22 heavy (non-hydrogen) atoms. The lowest BCUT2D eigenvalue weighted by atomic mass is 10.0. The summed E-state index contributed by atoms with van der Waals surface area (Å²) < 4.78 is 1.72. The Balaban J connectivity index is 1.92. The molecule has 5 nitrogen and oxygen atoms in total. The molecule has 1 aromatic carbocycles. The van der Waals surface area contributed by atoms with Crippen molar-refractivity contribution in [1.29, 1.82) is 0 Å². The first-order valence-corrected chi connectivity index (χ1v) is 7.28. The molecule has 0 fully saturated rings. The zero-order valence-electron chi connectivity index (χ0n) is 13.4. The van der Waals surface area contributed by atoms with Crippen LogP contribution in [0.25, 0.3) is 0 Å². The average Bonchev–Trinajstić information content (AvgIpc) is 2.72. The number of ketones is 1. The lowest BCUT2D eigenvalue weighted by Gasteiger charge is -2.06. The maximum atomic E-state index is 12.1. The van der Waals surface area contributed by atoms with Gasteiger partial charge in [-0.05, 0) is 20.8 Å². The standard InChI is InChI=1S/C17H21N3O2/c1-11-5-7-14(8-6-11)15(21)9-10-16(22)18-17-12(2)19-20(4)13(17)3/h5-8H,9-10H2,1-4H3,(H,18,22). The van der Waals surface area contributed by atoms with Crippen LogP contribution in [-0.2, 0) is 11.8 Å². The summed E-state index contributed by atoms with van der Waals surface area (Å²) >= 11 is 0. The van der Waals surface area contributed by atoms with Crippen molar-refractivity contribution >= 4 is 17.4 Å². The van der Waals surface area contributed by atoms with E-state index in [0.29, 0.717) is 5.56 Å². The van der Waals surface area contributed by atoms with E-state index in [1.54, 1.807) is 16.8 Å². The normalized spacial score (nSPS) is 10.5. The molecule has 1 aromatic heterocycles. The van der Waals surface area contributed by atoms with Gasteiger partial charge in [-0.1, -0.05) is 29.8 Å². The van der Waals surface area contributed by atoms with Crippen LogP contribution in [0.3, 0.4) is 0 Å². The van der Waals surface area contributed by atoms with Crippen LogP contribution in [-0.4, -0.2) is 21.5 Å². The molecule has 1 N–H and O–H groups in total. The molecule has 0 bridgehead atoms. The Morgan fingerprint density at radius 2 is 1.73 bits per heavy atom. The molecule has 0 saturated carbocycles. The minimum Gasteiger partial charge on any atom is -0.323 e. The fourth-order valence-electron chi connectivity index (χ4n) is 2.27. The number of nitrogens with zero attached hydrogens (tertiary/aromatic N) is 2. The number of nitrogens with one attached hydrogen (secondary N) is 1. The van der Waals surface area contributed by atoms with Gasteiger partial charge in [0.05, 0.1) is 17.1 Å². The molecule has 2 rings (SSSR count). The van der Waals surface area contributed by atoms with E-state index in [0.717, 1.165) is 22.6 Å². The lowest BCUT2D eigenvalue weighted by Crippen LogP contribution is -2.14. The van der Waals surface area contributed by atoms with Gasteiger partial charge in [0.1, 0.15) is 0 Å². The van der Waals surface area contributed by atoms with Crippen LogP contribution >= 0.6 is 0 Å². The Bertz CT molecular complexity index is 699. The molecular formula is C17H21N3O2. The summed E-state index contributed by atoms with van der Waals surface area (Å²) in [6.07, 6.45) is 0.369. The maximum Gasteiger partial charge on any atom is 0.224 e. The second-order valence-electron chi connectivity index (χ2n) is 5.51. The maximum absolute atomic E-state index is 12.1. The number of aryl methyl sites for hydroxylation is 3. The highest BCUT2D eigenvalue weighted by Crippen LogP contribution is 2.18. The Labute approximate surface area is 130 Å². The third-order valence-corrected chi connectivity index (χ3v) is 3.73. The summed E-state index contributed by atoms with van der Waals surface area (Å²) in [6, 6.07) is 7.39. The van der Waals surface area contributed by atoms with E-state index >= 15 is 0 Å². The molecule has 1 amide bonds. The van der Waals surface area contributed by atoms with Gasteiger partial charge >= 0.3 is 0 Å². The quantitative estimate of drug-likeness (QED) is 0.863. The molecule has 0 saturated heterocycles. The van der Waals surface area contributed by atoms with Crippen molar-refractivity contribution in [2.45, 2.75) is 33.6 Å². The van der Waals surface area contributed by atoms with Crippen LogP contribution in [0.5, 0.6) is 0 Å². The number of rotatable bonds is 5. The van der Waals surface area contributed by atoms with Crippen LogP contribution in [0, 0.1) is 20.8 Å². The van der Waals surface area contributed by atoms with Gasteiger partial charge in [-0.15, -0.1) is 0 Å². The van der Waals surface area contributed by atoms with Crippen LogP contribution in [0.2, 0.25) is 0 Å². The van der Waals surface area contributed by atoms with E-state index in [4.69, 9.17) is 0 Å². The molecule has 0 atom stereocenters. The summed E-state index contributed by atoms with van der Waals surface area (Å²) in [5, 5.41) is 7.09. The van der Waals surface area contributed by atoms with Crippen molar-refractivity contribution in [2.24, 2.45) is 7.05 Å². The molecule has 0 spiro atoms. The van der Waals surface area contributed by atoms with Gasteiger partial charge in [-0.25, -0.2) is 0 Å². The summed E-state index contributed by atoms with van der Waals surface area (Å²) in [5.74, 6) is -0.186. The Morgan fingerprint density at radius 3 is 2.27 bits per heavy atom. The number of amides is 1. The zero-order valence-corrected chi connectivity index (χ0v) is 13.4. The van der Waals surface area contributed by atoms with Gasteiger partial charge in [-0.3, -0.25) is 14.3 Å². The second kappa shape index (κ2) is 6.56. The van der Waals surface area contributed by atoms with Gasteiger partial charge in [-0.2, -0.15) is 5.10 Å². The molecule has 0 aliphatic heterocycles. The Hall–Kier alpha value is -2.43. The first-order chi connectivity index (χ1) is 10.4. The van der Waals surface area contributed by atoms with Gasteiger partial charge in [0.15, 0.2) is 5.78 Å². The minimum atomic E-state index is -0.167. The van der Waals surface area contributed by atoms with Crippen LogP contribution in [0.4, 0.5) is 5.69 Å². The number of aromatic nitrogens is 2. The zero-order chi connectivity index (χ0) is 16.3. The topological polar surface area (TPSA) is 64.0 Å². The molecule has 116 valence electrons. The number of Topliss-reactive ketones (excluding diaryl/α,β-unsaturated/α-hetero) is 1. The van der Waals surface area contributed by atoms with Gasteiger partial charge < -0.3 is 5.32 Å². The van der Waals surface area contributed by atoms with Crippen molar-refractivity contribution in [2.75, 3.05) is 5.32 Å². The van der Waals surface area contributed by atoms with Crippen LogP contribution in [0.1, 0.15) is 40.2 Å². The molecule has 0 unspecified atom stereocenters. The summed E-state index contributed by atoms with van der Waals surface area (Å²) in [7, 11) is 1.83. The highest BCUT2D eigenvalue weighted by Gasteiger charge is 2.14. The van der Waals surface area contributed by atoms with E-state index in [1.165, 1.54) is 0 Å². The SMILES string of the molecule is Cc1ccc(C(=O)CCC(=O)Nc2c(C)nn(C)c2C)cc1. The predicted molar refractivity (Wildman–Crippen MR) is 86.1 cm³/mol. The summed E-state index contributed by atoms with van der Waals surface area (Å²) in [4.78, 5) is 24.1. The molecule has 5 heteroatoms. The molecule has 0 aliphatic carbocycles. The van der Waals surface area contributed by atoms with Crippen LogP contribution in [0.15, 0.2) is 24.3 Å². The predicted octanol–water partition coefficient (Wildman–Crippen LogP) is 2.95. The minimum absolute atomic E-state index is 0.0187. The third-order valence-electron chi connectivity index (χ3n) is 3.73. The number of anilines is 1. The highest BCUT2D eigenvalue weighted by atomic mass is 16.2. The molecule has 0 aliphatic rings. The van der Waals surface area contributed by atoms with E-state index < -0.39 is 0 Å². The van der Waals surface area contributed by atoms with Crippen molar-refractivity contribution in [1.82, 2.24) is 9.78 Å². The third kappa shape index (κ3) is 3.61. The van der Waals surface area contributed by atoms with Gasteiger partial charge in [0.25, 0.3) is 0 Å². The number of benzene rings is 1. The number of hydrogen-bond acceptors (Lipinski definition) is 3. The number of carbonyl (C=O) groups is 2. The van der Waals surface area contributed by atoms with Crippen molar-refractivity contribution < 1.29 is 9.59 Å². The fraction of sp³-hybridized carbons (Fsp3) is 0.353.